The lowest BCUT2D eigenvalue weighted by molar-refractivity contribution is 0.249. The van der Waals surface area contributed by atoms with Crippen LogP contribution in [0.15, 0.2) is 42.9 Å². The fourth-order valence-corrected chi connectivity index (χ4v) is 2.53. The van der Waals surface area contributed by atoms with Crippen molar-refractivity contribution in [1.82, 2.24) is 14.9 Å². The molecule has 0 saturated carbocycles. The summed E-state index contributed by atoms with van der Waals surface area (Å²) in [7, 11) is 0. The van der Waals surface area contributed by atoms with Crippen LogP contribution in [0.5, 0.6) is 0 Å². The first kappa shape index (κ1) is 13.5. The molecule has 0 N–H and O–H groups in total. The zero-order chi connectivity index (χ0) is 14.5. The Morgan fingerprint density at radius 3 is 2.43 bits per heavy atom. The molecule has 0 unspecified atom stereocenters. The third kappa shape index (κ3) is 3.36. The Kier molecular flexibility index (Phi) is 4.08. The van der Waals surface area contributed by atoms with E-state index in [9.17, 15) is 0 Å². The Bertz CT molecular complexity index is 609. The molecule has 0 bridgehead atoms. The molecule has 21 heavy (non-hydrogen) atoms. The largest absolute Gasteiger partial charge is 0.353 e. The third-order valence-electron chi connectivity index (χ3n) is 3.74. The molecule has 0 spiro atoms. The highest BCUT2D eigenvalue weighted by Crippen LogP contribution is 2.14. The second-order valence-electron chi connectivity index (χ2n) is 5.14. The minimum atomic E-state index is 0.714. The molecule has 2 heterocycles. The van der Waals surface area contributed by atoms with Gasteiger partial charge in [-0.05, 0) is 17.7 Å². The Morgan fingerprint density at radius 1 is 1.05 bits per heavy atom. The second-order valence-corrected chi connectivity index (χ2v) is 5.14. The van der Waals surface area contributed by atoms with Crippen LogP contribution in [0.2, 0.25) is 0 Å². The third-order valence-corrected chi connectivity index (χ3v) is 3.74. The van der Waals surface area contributed by atoms with Gasteiger partial charge in [0.05, 0.1) is 17.8 Å². The van der Waals surface area contributed by atoms with Gasteiger partial charge in [-0.1, -0.05) is 12.1 Å². The number of nitriles is 1. The summed E-state index contributed by atoms with van der Waals surface area (Å²) in [6, 6.07) is 9.98. The van der Waals surface area contributed by atoms with Crippen LogP contribution in [0.25, 0.3) is 0 Å². The Morgan fingerprint density at radius 2 is 1.81 bits per heavy atom. The van der Waals surface area contributed by atoms with Gasteiger partial charge >= 0.3 is 0 Å². The van der Waals surface area contributed by atoms with Gasteiger partial charge in [-0.2, -0.15) is 5.26 Å². The minimum absolute atomic E-state index is 0.714. The van der Waals surface area contributed by atoms with Gasteiger partial charge in [0.25, 0.3) is 0 Å². The first-order valence-electron chi connectivity index (χ1n) is 7.07. The van der Waals surface area contributed by atoms with Crippen molar-refractivity contribution in [1.29, 1.82) is 5.26 Å². The highest BCUT2D eigenvalue weighted by atomic mass is 15.3. The molecule has 0 atom stereocenters. The Balaban J connectivity index is 1.55. The van der Waals surface area contributed by atoms with Crippen LogP contribution in [0, 0.1) is 11.3 Å². The number of nitrogens with zero attached hydrogens (tertiary/aromatic N) is 5. The summed E-state index contributed by atoms with van der Waals surface area (Å²) in [5.41, 5.74) is 1.97. The standard InChI is InChI=1S/C16H17N5/c17-11-14-1-3-15(4-2-14)13-20-7-9-21(10-8-20)16-12-18-5-6-19-16/h1-6,12H,7-10,13H2. The van der Waals surface area contributed by atoms with Crippen LogP contribution in [0.1, 0.15) is 11.1 Å². The highest BCUT2D eigenvalue weighted by Gasteiger charge is 2.17. The molecule has 5 nitrogen and oxygen atoms in total. The number of aromatic nitrogens is 2. The van der Waals surface area contributed by atoms with Crippen LogP contribution in [0.4, 0.5) is 5.82 Å². The number of hydrogen-bond donors (Lipinski definition) is 0. The number of rotatable bonds is 3. The molecule has 1 aromatic carbocycles. The molecule has 0 radical (unpaired) electrons. The fourth-order valence-electron chi connectivity index (χ4n) is 2.53. The van der Waals surface area contributed by atoms with E-state index >= 15 is 0 Å². The van der Waals surface area contributed by atoms with Crippen molar-refractivity contribution < 1.29 is 0 Å². The van der Waals surface area contributed by atoms with Crippen molar-refractivity contribution in [2.24, 2.45) is 0 Å². The van der Waals surface area contributed by atoms with E-state index in [1.807, 2.05) is 30.5 Å². The lowest BCUT2D eigenvalue weighted by Crippen LogP contribution is -2.46. The highest BCUT2D eigenvalue weighted by molar-refractivity contribution is 5.36. The summed E-state index contributed by atoms with van der Waals surface area (Å²) in [4.78, 5) is 13.2. The van der Waals surface area contributed by atoms with E-state index in [1.54, 1.807) is 12.4 Å². The summed E-state index contributed by atoms with van der Waals surface area (Å²) in [6.07, 6.45) is 5.25. The molecule has 5 heteroatoms. The molecule has 0 amide bonds. The zero-order valence-electron chi connectivity index (χ0n) is 11.8. The number of benzene rings is 1. The molecule has 1 fully saturated rings. The summed E-state index contributed by atoms with van der Waals surface area (Å²) in [5, 5.41) is 8.81. The van der Waals surface area contributed by atoms with Crippen LogP contribution in [-0.2, 0) is 6.54 Å². The van der Waals surface area contributed by atoms with Crippen molar-refractivity contribution in [2.45, 2.75) is 6.54 Å². The van der Waals surface area contributed by atoms with Gasteiger partial charge < -0.3 is 4.90 Å². The van der Waals surface area contributed by atoms with Crippen molar-refractivity contribution in [2.75, 3.05) is 31.1 Å². The molecule has 1 aromatic heterocycles. The first-order valence-corrected chi connectivity index (χ1v) is 7.07. The van der Waals surface area contributed by atoms with E-state index in [0.29, 0.717) is 5.56 Å². The molecule has 0 aliphatic carbocycles. The van der Waals surface area contributed by atoms with Gasteiger partial charge in [0.2, 0.25) is 0 Å². The normalized spacial score (nSPS) is 15.7. The summed E-state index contributed by atoms with van der Waals surface area (Å²) in [6.45, 7) is 4.89. The maximum absolute atomic E-state index is 8.81. The van der Waals surface area contributed by atoms with Crippen molar-refractivity contribution >= 4 is 5.82 Å². The topological polar surface area (TPSA) is 56.1 Å². The average molecular weight is 279 g/mol. The summed E-state index contributed by atoms with van der Waals surface area (Å²) < 4.78 is 0. The molecule has 1 aliphatic heterocycles. The molecule has 106 valence electrons. The Labute approximate surface area is 124 Å². The van der Waals surface area contributed by atoms with Crippen molar-refractivity contribution in [3.63, 3.8) is 0 Å². The van der Waals surface area contributed by atoms with Crippen LogP contribution in [-0.4, -0.2) is 41.0 Å². The fraction of sp³-hybridized carbons (Fsp3) is 0.312. The summed E-state index contributed by atoms with van der Waals surface area (Å²) in [5.74, 6) is 0.954. The molecular formula is C16H17N5. The smallest absolute Gasteiger partial charge is 0.147 e. The van der Waals surface area contributed by atoms with Gasteiger partial charge in [0.15, 0.2) is 0 Å². The minimum Gasteiger partial charge on any atom is -0.353 e. The van der Waals surface area contributed by atoms with Gasteiger partial charge in [-0.25, -0.2) is 4.98 Å². The van der Waals surface area contributed by atoms with E-state index in [-0.39, 0.29) is 0 Å². The first-order chi connectivity index (χ1) is 10.3. The second kappa shape index (κ2) is 6.33. The molecule has 2 aromatic rings. The van der Waals surface area contributed by atoms with Gasteiger partial charge in [-0.3, -0.25) is 9.88 Å². The predicted octanol–water partition coefficient (Wildman–Crippen LogP) is 1.67. The average Bonchev–Trinajstić information content (AvgIpc) is 2.57. The van der Waals surface area contributed by atoms with Gasteiger partial charge in [-0.15, -0.1) is 0 Å². The van der Waals surface area contributed by atoms with E-state index in [1.165, 1.54) is 5.56 Å². The van der Waals surface area contributed by atoms with Crippen LogP contribution < -0.4 is 4.90 Å². The van der Waals surface area contributed by atoms with Gasteiger partial charge in [0, 0.05) is 45.1 Å². The lowest BCUT2D eigenvalue weighted by Gasteiger charge is -2.35. The summed E-state index contributed by atoms with van der Waals surface area (Å²) >= 11 is 0. The molecule has 3 rings (SSSR count). The molecule has 1 saturated heterocycles. The maximum Gasteiger partial charge on any atom is 0.147 e. The van der Waals surface area contributed by atoms with Crippen molar-refractivity contribution in [3.8, 4) is 6.07 Å². The van der Waals surface area contributed by atoms with E-state index < -0.39 is 0 Å². The quantitative estimate of drug-likeness (QED) is 0.855. The molecule has 1 aliphatic rings. The van der Waals surface area contributed by atoms with E-state index in [0.717, 1.165) is 38.5 Å². The van der Waals surface area contributed by atoms with Crippen molar-refractivity contribution in [3.05, 3.63) is 54.0 Å². The number of anilines is 1. The predicted molar refractivity (Wildman–Crippen MR) is 80.7 cm³/mol. The number of hydrogen-bond acceptors (Lipinski definition) is 5. The van der Waals surface area contributed by atoms with E-state index in [2.05, 4.69) is 25.8 Å². The molecular weight excluding hydrogens is 262 g/mol. The Hall–Kier alpha value is -2.45. The van der Waals surface area contributed by atoms with Crippen LogP contribution in [0.3, 0.4) is 0 Å². The monoisotopic (exact) mass is 279 g/mol. The maximum atomic E-state index is 8.81. The lowest BCUT2D eigenvalue weighted by atomic mass is 10.1. The number of piperazine rings is 1. The van der Waals surface area contributed by atoms with Gasteiger partial charge in [0.1, 0.15) is 5.82 Å². The van der Waals surface area contributed by atoms with Crippen LogP contribution >= 0.6 is 0 Å². The SMILES string of the molecule is N#Cc1ccc(CN2CCN(c3cnccn3)CC2)cc1. The van der Waals surface area contributed by atoms with E-state index in [4.69, 9.17) is 5.26 Å². The zero-order valence-corrected chi connectivity index (χ0v) is 11.8.